The summed E-state index contributed by atoms with van der Waals surface area (Å²) in [6.07, 6.45) is 5.05. The Hall–Kier alpha value is -1.60. The minimum Gasteiger partial charge on any atom is -0.490 e. The number of phosphoric acid groups is 1. The highest BCUT2D eigenvalue weighted by atomic mass is 31.2. The summed E-state index contributed by atoms with van der Waals surface area (Å²) >= 11 is 0. The smallest absolute Gasteiger partial charge is 0.469 e. The Bertz CT molecular complexity index is 1050. The van der Waals surface area contributed by atoms with Crippen molar-refractivity contribution in [3.63, 3.8) is 0 Å². The van der Waals surface area contributed by atoms with E-state index in [1.807, 2.05) is 0 Å². The first-order valence-corrected chi connectivity index (χ1v) is 13.5. The van der Waals surface area contributed by atoms with Crippen LogP contribution in [0.25, 0.3) is 10.8 Å². The second-order valence-electron chi connectivity index (χ2n) is 9.98. The van der Waals surface area contributed by atoms with Gasteiger partial charge in [-0.05, 0) is 66.3 Å². The molecule has 0 bridgehead atoms. The third-order valence-electron chi connectivity index (χ3n) is 7.55. The van der Waals surface area contributed by atoms with Crippen molar-refractivity contribution in [1.82, 2.24) is 0 Å². The molecular formula is C25H32F3O5P. The van der Waals surface area contributed by atoms with Crippen LogP contribution in [0.2, 0.25) is 0 Å². The lowest BCUT2D eigenvalue weighted by Crippen LogP contribution is -2.34. The molecule has 2 saturated carbocycles. The highest BCUT2D eigenvalue weighted by Crippen LogP contribution is 2.49. The normalized spacial score (nSPS) is 20.5. The molecule has 34 heavy (non-hydrogen) atoms. The van der Waals surface area contributed by atoms with Crippen LogP contribution in [0, 0.1) is 5.41 Å². The average molecular weight is 500 g/mol. The molecule has 2 aromatic carbocycles. The van der Waals surface area contributed by atoms with Crippen molar-refractivity contribution in [1.29, 1.82) is 0 Å². The summed E-state index contributed by atoms with van der Waals surface area (Å²) in [7, 11) is -4.62. The molecule has 2 aromatic rings. The van der Waals surface area contributed by atoms with Gasteiger partial charge in [0.25, 0.3) is 0 Å². The number of halogens is 3. The quantitative estimate of drug-likeness (QED) is 0.406. The van der Waals surface area contributed by atoms with E-state index < -0.39 is 25.5 Å². The summed E-state index contributed by atoms with van der Waals surface area (Å²) in [6, 6.07) is 7.58. The van der Waals surface area contributed by atoms with Crippen molar-refractivity contribution >= 4 is 18.6 Å². The second kappa shape index (κ2) is 9.81. The largest absolute Gasteiger partial charge is 0.490 e. The van der Waals surface area contributed by atoms with Crippen LogP contribution in [-0.2, 0) is 15.3 Å². The van der Waals surface area contributed by atoms with Gasteiger partial charge in [0.05, 0.1) is 12.7 Å². The third kappa shape index (κ3) is 5.96. The molecular weight excluding hydrogens is 468 g/mol. The maximum Gasteiger partial charge on any atom is 0.469 e. The Labute approximate surface area is 197 Å². The number of hydrogen-bond donors (Lipinski definition) is 2. The molecule has 0 aliphatic heterocycles. The zero-order chi connectivity index (χ0) is 24.6. The molecule has 1 atom stereocenters. The summed E-state index contributed by atoms with van der Waals surface area (Å²) in [6.45, 7) is 1.45. The molecule has 9 heteroatoms. The number of ether oxygens (including phenoxy) is 1. The Kier molecular flexibility index (Phi) is 7.35. The predicted octanol–water partition coefficient (Wildman–Crippen LogP) is 7.34. The van der Waals surface area contributed by atoms with Crippen molar-refractivity contribution in [2.75, 3.05) is 6.61 Å². The fourth-order valence-corrected chi connectivity index (χ4v) is 6.05. The molecule has 2 aliphatic carbocycles. The predicted molar refractivity (Wildman–Crippen MR) is 124 cm³/mol. The van der Waals surface area contributed by atoms with Crippen molar-refractivity contribution in [2.24, 2.45) is 5.41 Å². The van der Waals surface area contributed by atoms with E-state index >= 15 is 0 Å². The second-order valence-corrected chi connectivity index (χ2v) is 11.2. The fourth-order valence-electron chi connectivity index (χ4n) is 5.63. The zero-order valence-electron chi connectivity index (χ0n) is 19.3. The molecule has 5 nitrogen and oxygen atoms in total. The van der Waals surface area contributed by atoms with Crippen LogP contribution in [-0.4, -0.2) is 22.5 Å². The minimum absolute atomic E-state index is 0.0522. The molecule has 0 heterocycles. The lowest BCUT2D eigenvalue weighted by atomic mass is 9.65. The van der Waals surface area contributed by atoms with Gasteiger partial charge < -0.3 is 14.5 Å². The van der Waals surface area contributed by atoms with Gasteiger partial charge in [0, 0.05) is 5.92 Å². The van der Waals surface area contributed by atoms with Crippen LogP contribution >= 0.6 is 7.82 Å². The van der Waals surface area contributed by atoms with Crippen molar-refractivity contribution in [2.45, 2.75) is 82.9 Å². The summed E-state index contributed by atoms with van der Waals surface area (Å²) in [4.78, 5) is 17.8. The standard InChI is InChI=1S/C25H32F3O5P/c1-17(16-32-34(29,30)31)18-5-7-21-19(15-18)6-8-22(23(21)25(26,27)28)33-20-9-13-24(14-10-20)11-3-2-4-12-24/h5-8,15,17,20H,2-4,9-14,16H2,1H3,(H2,29,30,31). The average Bonchev–Trinajstić information content (AvgIpc) is 2.78. The Morgan fingerprint density at radius 1 is 1.06 bits per heavy atom. The van der Waals surface area contributed by atoms with Crippen LogP contribution in [0.4, 0.5) is 13.2 Å². The molecule has 4 rings (SSSR count). The molecule has 0 saturated heterocycles. The van der Waals surface area contributed by atoms with Crippen LogP contribution in [0.1, 0.15) is 81.8 Å². The van der Waals surface area contributed by atoms with Crippen LogP contribution < -0.4 is 4.74 Å². The van der Waals surface area contributed by atoms with E-state index in [9.17, 15) is 17.7 Å². The third-order valence-corrected chi connectivity index (χ3v) is 8.04. The van der Waals surface area contributed by atoms with E-state index in [1.54, 1.807) is 25.1 Å². The minimum atomic E-state index is -4.62. The van der Waals surface area contributed by atoms with Crippen LogP contribution in [0.3, 0.4) is 0 Å². The first-order chi connectivity index (χ1) is 16.0. The monoisotopic (exact) mass is 500 g/mol. The molecule has 188 valence electrons. The summed E-state index contributed by atoms with van der Waals surface area (Å²) in [5.74, 6) is -0.535. The maximum atomic E-state index is 14.1. The summed E-state index contributed by atoms with van der Waals surface area (Å²) < 4.78 is 63.9. The van der Waals surface area contributed by atoms with E-state index in [-0.39, 0.29) is 23.8 Å². The van der Waals surface area contributed by atoms with Crippen molar-refractivity contribution in [3.05, 3.63) is 41.5 Å². The van der Waals surface area contributed by atoms with E-state index in [1.165, 1.54) is 44.2 Å². The molecule has 1 unspecified atom stereocenters. The molecule has 2 N–H and O–H groups in total. The lowest BCUT2D eigenvalue weighted by molar-refractivity contribution is -0.138. The zero-order valence-corrected chi connectivity index (χ0v) is 20.2. The van der Waals surface area contributed by atoms with Gasteiger partial charge in [-0.2, -0.15) is 13.2 Å². The SMILES string of the molecule is CC(COP(=O)(O)O)c1ccc2c(C(F)(F)F)c(OC3CCC4(CCCCC4)CC3)ccc2c1. The molecule has 2 fully saturated rings. The first-order valence-electron chi connectivity index (χ1n) is 12.0. The number of alkyl halides is 3. The first kappa shape index (κ1) is 25.5. The molecule has 0 radical (unpaired) electrons. The van der Waals surface area contributed by atoms with E-state index in [0.29, 0.717) is 16.4 Å². The van der Waals surface area contributed by atoms with Gasteiger partial charge in [-0.15, -0.1) is 0 Å². The van der Waals surface area contributed by atoms with Gasteiger partial charge in [-0.1, -0.05) is 50.5 Å². The topological polar surface area (TPSA) is 76.0 Å². The van der Waals surface area contributed by atoms with Crippen molar-refractivity contribution < 1.29 is 36.8 Å². The number of hydrogen-bond acceptors (Lipinski definition) is 3. The molecule has 2 aliphatic rings. The number of fused-ring (bicyclic) bond motifs is 1. The van der Waals surface area contributed by atoms with Gasteiger partial charge in [0.1, 0.15) is 11.3 Å². The molecule has 0 amide bonds. The Morgan fingerprint density at radius 2 is 1.74 bits per heavy atom. The van der Waals surface area contributed by atoms with Gasteiger partial charge in [0.15, 0.2) is 0 Å². The molecule has 1 spiro atoms. The highest BCUT2D eigenvalue weighted by molar-refractivity contribution is 7.46. The number of benzene rings is 2. The van der Waals surface area contributed by atoms with E-state index in [4.69, 9.17) is 14.5 Å². The van der Waals surface area contributed by atoms with E-state index in [0.717, 1.165) is 25.7 Å². The molecule has 0 aromatic heterocycles. The van der Waals surface area contributed by atoms with E-state index in [2.05, 4.69) is 4.52 Å². The van der Waals surface area contributed by atoms with Gasteiger partial charge in [-0.3, -0.25) is 4.52 Å². The Balaban J connectivity index is 1.55. The number of phosphoric ester groups is 1. The summed E-state index contributed by atoms with van der Waals surface area (Å²) in [5.41, 5.74) is 0.228. The van der Waals surface area contributed by atoms with Crippen LogP contribution in [0.5, 0.6) is 5.75 Å². The van der Waals surface area contributed by atoms with Gasteiger partial charge >= 0.3 is 14.0 Å². The van der Waals surface area contributed by atoms with Gasteiger partial charge in [0.2, 0.25) is 0 Å². The van der Waals surface area contributed by atoms with Crippen molar-refractivity contribution in [3.8, 4) is 5.75 Å². The van der Waals surface area contributed by atoms with Crippen LogP contribution in [0.15, 0.2) is 30.3 Å². The highest BCUT2D eigenvalue weighted by Gasteiger charge is 2.40. The van der Waals surface area contributed by atoms with Gasteiger partial charge in [-0.25, -0.2) is 4.57 Å². The Morgan fingerprint density at radius 3 is 2.35 bits per heavy atom. The summed E-state index contributed by atoms with van der Waals surface area (Å²) in [5, 5.41) is 0.446. The number of rotatable bonds is 6. The lowest BCUT2D eigenvalue weighted by Gasteiger charge is -2.43. The maximum absolute atomic E-state index is 14.1. The fraction of sp³-hybridized carbons (Fsp3) is 0.600.